The number of benzene rings is 2. The molecule has 2 amide bonds. The van der Waals surface area contributed by atoms with E-state index in [9.17, 15) is 9.59 Å². The molecule has 2 aromatic rings. The monoisotopic (exact) mass is 459 g/mol. The summed E-state index contributed by atoms with van der Waals surface area (Å²) < 4.78 is 6.31. The number of carbonyl (C=O) groups is 2. The minimum Gasteiger partial charge on any atom is -0.378 e. The first-order valence-corrected chi connectivity index (χ1v) is 10.5. The van der Waals surface area contributed by atoms with Crippen LogP contribution in [0.5, 0.6) is 0 Å². The van der Waals surface area contributed by atoms with Crippen LogP contribution in [-0.4, -0.2) is 44.2 Å². The average Bonchev–Trinajstić information content (AvgIpc) is 2.73. The van der Waals surface area contributed by atoms with Crippen molar-refractivity contribution < 1.29 is 14.3 Å². The molecule has 154 valence electrons. The quantitative estimate of drug-likeness (QED) is 0.690. The van der Waals surface area contributed by atoms with Crippen LogP contribution in [0.25, 0.3) is 0 Å². The molecule has 0 radical (unpaired) electrons. The van der Waals surface area contributed by atoms with Gasteiger partial charge in [-0.25, -0.2) is 0 Å². The van der Waals surface area contributed by atoms with Crippen molar-refractivity contribution in [3.63, 3.8) is 0 Å². The summed E-state index contributed by atoms with van der Waals surface area (Å²) in [5.41, 5.74) is 2.19. The highest BCUT2D eigenvalue weighted by Crippen LogP contribution is 2.30. The van der Waals surface area contributed by atoms with Gasteiger partial charge in [-0.3, -0.25) is 9.59 Å². The SMILES string of the molecule is CC(C)[C@H](NC(=O)c1ccccc1)C(=O)Nc1cc(Br)ccc1N1CCOCC1. The van der Waals surface area contributed by atoms with E-state index in [-0.39, 0.29) is 17.7 Å². The lowest BCUT2D eigenvalue weighted by molar-refractivity contribution is -0.118. The summed E-state index contributed by atoms with van der Waals surface area (Å²) in [6, 6.07) is 14.1. The van der Waals surface area contributed by atoms with E-state index in [1.807, 2.05) is 38.1 Å². The van der Waals surface area contributed by atoms with E-state index in [2.05, 4.69) is 31.5 Å². The molecule has 2 aromatic carbocycles. The van der Waals surface area contributed by atoms with Gasteiger partial charge in [-0.1, -0.05) is 48.0 Å². The number of morpholine rings is 1. The van der Waals surface area contributed by atoms with Crippen molar-refractivity contribution in [1.82, 2.24) is 5.32 Å². The Balaban J connectivity index is 1.77. The largest absolute Gasteiger partial charge is 0.378 e. The zero-order chi connectivity index (χ0) is 20.8. The van der Waals surface area contributed by atoms with Crippen LogP contribution in [0.15, 0.2) is 53.0 Å². The van der Waals surface area contributed by atoms with E-state index in [0.717, 1.165) is 23.2 Å². The van der Waals surface area contributed by atoms with Crippen molar-refractivity contribution in [3.8, 4) is 0 Å². The molecule has 6 nitrogen and oxygen atoms in total. The second kappa shape index (κ2) is 9.89. The van der Waals surface area contributed by atoms with Gasteiger partial charge in [0, 0.05) is 23.1 Å². The Bertz CT molecular complexity index is 852. The summed E-state index contributed by atoms with van der Waals surface area (Å²) in [6.07, 6.45) is 0. The number of hydrogen-bond acceptors (Lipinski definition) is 4. The lowest BCUT2D eigenvalue weighted by atomic mass is 10.0. The van der Waals surface area contributed by atoms with Crippen LogP contribution in [0.2, 0.25) is 0 Å². The maximum Gasteiger partial charge on any atom is 0.251 e. The van der Waals surface area contributed by atoms with Gasteiger partial charge in [0.25, 0.3) is 5.91 Å². The van der Waals surface area contributed by atoms with Gasteiger partial charge in [0.05, 0.1) is 24.6 Å². The van der Waals surface area contributed by atoms with E-state index in [0.29, 0.717) is 24.5 Å². The molecular formula is C22H26BrN3O3. The summed E-state index contributed by atoms with van der Waals surface area (Å²) in [4.78, 5) is 27.8. The maximum absolute atomic E-state index is 13.1. The Labute approximate surface area is 179 Å². The van der Waals surface area contributed by atoms with E-state index in [1.54, 1.807) is 24.3 Å². The fraction of sp³-hybridized carbons (Fsp3) is 0.364. The second-order valence-corrected chi connectivity index (χ2v) is 8.23. The number of halogens is 1. The number of carbonyl (C=O) groups excluding carboxylic acids is 2. The van der Waals surface area contributed by atoms with Crippen molar-refractivity contribution in [2.75, 3.05) is 36.5 Å². The summed E-state index contributed by atoms with van der Waals surface area (Å²) >= 11 is 3.48. The molecule has 1 aliphatic heterocycles. The van der Waals surface area contributed by atoms with Crippen molar-refractivity contribution >= 4 is 39.1 Å². The molecule has 0 unspecified atom stereocenters. The number of ether oxygens (including phenoxy) is 1. The van der Waals surface area contributed by atoms with Crippen molar-refractivity contribution in [3.05, 3.63) is 58.6 Å². The van der Waals surface area contributed by atoms with Gasteiger partial charge in [0.15, 0.2) is 0 Å². The molecule has 29 heavy (non-hydrogen) atoms. The van der Waals surface area contributed by atoms with Crippen LogP contribution in [-0.2, 0) is 9.53 Å². The third-order valence-corrected chi connectivity index (χ3v) is 5.33. The standard InChI is InChI=1S/C22H26BrN3O3/c1-15(2)20(25-21(27)16-6-4-3-5-7-16)22(28)24-18-14-17(23)8-9-19(18)26-10-12-29-13-11-26/h3-9,14-15,20H,10-13H2,1-2H3,(H,24,28)(H,25,27)/t20-/m0/s1. The average molecular weight is 460 g/mol. The van der Waals surface area contributed by atoms with E-state index in [1.165, 1.54) is 0 Å². The van der Waals surface area contributed by atoms with Gasteiger partial charge < -0.3 is 20.3 Å². The summed E-state index contributed by atoms with van der Waals surface area (Å²) in [6.45, 7) is 6.68. The first-order chi connectivity index (χ1) is 14.0. The smallest absolute Gasteiger partial charge is 0.251 e. The molecule has 0 aliphatic carbocycles. The fourth-order valence-electron chi connectivity index (χ4n) is 3.25. The Morgan fingerprint density at radius 3 is 2.41 bits per heavy atom. The fourth-order valence-corrected chi connectivity index (χ4v) is 3.61. The molecule has 3 rings (SSSR count). The van der Waals surface area contributed by atoms with E-state index >= 15 is 0 Å². The number of anilines is 2. The number of nitrogens with one attached hydrogen (secondary N) is 2. The predicted octanol–water partition coefficient (Wildman–Crippen LogP) is 3.68. The predicted molar refractivity (Wildman–Crippen MR) is 118 cm³/mol. The molecule has 1 fully saturated rings. The first kappa shape index (κ1) is 21.3. The lowest BCUT2D eigenvalue weighted by Crippen LogP contribution is -2.47. The Morgan fingerprint density at radius 2 is 1.76 bits per heavy atom. The molecule has 0 bridgehead atoms. The zero-order valence-electron chi connectivity index (χ0n) is 16.7. The minimum absolute atomic E-state index is 0.0679. The summed E-state index contributed by atoms with van der Waals surface area (Å²) in [5.74, 6) is -0.569. The van der Waals surface area contributed by atoms with Gasteiger partial charge in [0.1, 0.15) is 6.04 Å². The van der Waals surface area contributed by atoms with Gasteiger partial charge in [-0.2, -0.15) is 0 Å². The highest BCUT2D eigenvalue weighted by atomic mass is 79.9. The summed E-state index contributed by atoms with van der Waals surface area (Å²) in [7, 11) is 0. The number of hydrogen-bond donors (Lipinski definition) is 2. The van der Waals surface area contributed by atoms with Crippen LogP contribution in [0.4, 0.5) is 11.4 Å². The summed E-state index contributed by atoms with van der Waals surface area (Å²) in [5, 5.41) is 5.89. The molecule has 1 aliphatic rings. The molecule has 2 N–H and O–H groups in total. The Kier molecular flexibility index (Phi) is 7.28. The van der Waals surface area contributed by atoms with Crippen LogP contribution in [0.3, 0.4) is 0 Å². The van der Waals surface area contributed by atoms with E-state index < -0.39 is 6.04 Å². The van der Waals surface area contributed by atoms with Gasteiger partial charge in [-0.15, -0.1) is 0 Å². The van der Waals surface area contributed by atoms with Crippen molar-refractivity contribution in [2.45, 2.75) is 19.9 Å². The normalized spacial score (nSPS) is 15.1. The highest BCUT2D eigenvalue weighted by Gasteiger charge is 2.26. The number of nitrogens with zero attached hydrogens (tertiary/aromatic N) is 1. The van der Waals surface area contributed by atoms with Crippen LogP contribution >= 0.6 is 15.9 Å². The molecule has 0 aromatic heterocycles. The molecule has 0 saturated carbocycles. The Hall–Kier alpha value is -2.38. The topological polar surface area (TPSA) is 70.7 Å². The third-order valence-electron chi connectivity index (χ3n) is 4.84. The van der Waals surface area contributed by atoms with Crippen LogP contribution in [0.1, 0.15) is 24.2 Å². The first-order valence-electron chi connectivity index (χ1n) is 9.74. The zero-order valence-corrected chi connectivity index (χ0v) is 18.2. The third kappa shape index (κ3) is 5.58. The van der Waals surface area contributed by atoms with Crippen molar-refractivity contribution in [2.24, 2.45) is 5.92 Å². The van der Waals surface area contributed by atoms with Crippen LogP contribution < -0.4 is 15.5 Å². The lowest BCUT2D eigenvalue weighted by Gasteiger charge is -2.31. The highest BCUT2D eigenvalue weighted by molar-refractivity contribution is 9.10. The van der Waals surface area contributed by atoms with Crippen molar-refractivity contribution in [1.29, 1.82) is 0 Å². The van der Waals surface area contributed by atoms with Gasteiger partial charge >= 0.3 is 0 Å². The second-order valence-electron chi connectivity index (χ2n) is 7.31. The molecule has 1 heterocycles. The molecule has 7 heteroatoms. The van der Waals surface area contributed by atoms with Gasteiger partial charge in [-0.05, 0) is 36.2 Å². The molecule has 1 atom stereocenters. The molecular weight excluding hydrogens is 434 g/mol. The van der Waals surface area contributed by atoms with Crippen LogP contribution in [0, 0.1) is 5.92 Å². The molecule has 0 spiro atoms. The van der Waals surface area contributed by atoms with E-state index in [4.69, 9.17) is 4.74 Å². The van der Waals surface area contributed by atoms with Gasteiger partial charge in [0.2, 0.25) is 5.91 Å². The number of rotatable bonds is 6. The molecule has 1 saturated heterocycles. The number of amides is 2. The maximum atomic E-state index is 13.1. The Morgan fingerprint density at radius 1 is 1.07 bits per heavy atom. The minimum atomic E-state index is -0.653.